The monoisotopic (exact) mass is 557 g/mol. The summed E-state index contributed by atoms with van der Waals surface area (Å²) in [6.45, 7) is 8.71. The smallest absolute Gasteiger partial charge is 0.334 e. The van der Waals surface area contributed by atoms with Crippen molar-refractivity contribution in [2.45, 2.75) is 77.3 Å². The standard InChI is InChI=1S/C26H39N3O6.2H2S/c1-6-26(12-7-8-13-29(5)16-26)19-10-9-11-20(14-19)35-25(34)21(27-18(4)30)15-22(31)28-23(17(2)3)24(32)33;;/h9-11,14,17,21,23H,6-8,12-13,15-16H2,1-5H3,(H,27,30)(H,28,31)(H,32,33);2*1H2/t21-,23-,26?;;/m0../s1. The molecule has 0 bridgehead atoms. The molecule has 3 N–H and O–H groups in total. The molecule has 1 aromatic carbocycles. The number of carbonyl (C=O) groups is 4. The number of rotatable bonds is 10. The quantitative estimate of drug-likeness (QED) is 0.298. The number of esters is 1. The Labute approximate surface area is 234 Å². The molecular formula is C26H43N3O6S2. The van der Waals surface area contributed by atoms with Gasteiger partial charge in [0.05, 0.1) is 6.42 Å². The molecule has 210 valence electrons. The van der Waals surface area contributed by atoms with Gasteiger partial charge in [0.1, 0.15) is 17.8 Å². The summed E-state index contributed by atoms with van der Waals surface area (Å²) in [5.74, 6) is -3.13. The van der Waals surface area contributed by atoms with Crippen LogP contribution in [0.1, 0.15) is 65.4 Å². The first-order valence-corrected chi connectivity index (χ1v) is 12.3. The maximum atomic E-state index is 12.9. The van der Waals surface area contributed by atoms with E-state index in [9.17, 15) is 24.3 Å². The van der Waals surface area contributed by atoms with E-state index in [1.54, 1.807) is 19.9 Å². The lowest BCUT2D eigenvalue weighted by molar-refractivity contribution is -0.144. The van der Waals surface area contributed by atoms with E-state index in [0.29, 0.717) is 5.75 Å². The van der Waals surface area contributed by atoms with E-state index in [1.165, 1.54) is 6.92 Å². The van der Waals surface area contributed by atoms with E-state index in [2.05, 4.69) is 35.6 Å². The molecule has 0 aliphatic carbocycles. The molecule has 0 aromatic heterocycles. The van der Waals surface area contributed by atoms with Crippen LogP contribution < -0.4 is 15.4 Å². The molecule has 9 nitrogen and oxygen atoms in total. The summed E-state index contributed by atoms with van der Waals surface area (Å²) in [6, 6.07) is 5.09. The highest BCUT2D eigenvalue weighted by Gasteiger charge is 2.34. The number of nitrogens with zero attached hydrogens (tertiary/aromatic N) is 1. The van der Waals surface area contributed by atoms with Crippen molar-refractivity contribution in [3.8, 4) is 5.75 Å². The third-order valence-electron chi connectivity index (χ3n) is 6.66. The van der Waals surface area contributed by atoms with Crippen molar-refractivity contribution in [2.75, 3.05) is 20.1 Å². The van der Waals surface area contributed by atoms with Gasteiger partial charge in [-0.1, -0.05) is 39.3 Å². The van der Waals surface area contributed by atoms with Crippen molar-refractivity contribution in [1.29, 1.82) is 0 Å². The number of likely N-dealkylation sites (tertiary alicyclic amines) is 1. The molecule has 1 unspecified atom stereocenters. The van der Waals surface area contributed by atoms with E-state index in [4.69, 9.17) is 4.74 Å². The molecule has 11 heteroatoms. The minimum absolute atomic E-state index is 0. The number of amides is 2. The molecule has 1 aliphatic heterocycles. The number of hydrogen-bond donors (Lipinski definition) is 3. The Morgan fingerprint density at radius 2 is 1.81 bits per heavy atom. The third kappa shape index (κ3) is 10.2. The van der Waals surface area contributed by atoms with Crippen molar-refractivity contribution in [2.24, 2.45) is 5.92 Å². The number of likely N-dealkylation sites (N-methyl/N-ethyl adjacent to an activating group) is 1. The lowest BCUT2D eigenvalue weighted by Crippen LogP contribution is -2.49. The third-order valence-corrected chi connectivity index (χ3v) is 6.66. The van der Waals surface area contributed by atoms with E-state index < -0.39 is 42.3 Å². The Morgan fingerprint density at radius 1 is 1.14 bits per heavy atom. The topological polar surface area (TPSA) is 125 Å². The Hall–Kier alpha value is -2.24. The van der Waals surface area contributed by atoms with Gasteiger partial charge in [0.25, 0.3) is 0 Å². The van der Waals surface area contributed by atoms with Crippen molar-refractivity contribution >= 4 is 50.7 Å². The molecule has 2 rings (SSSR count). The Bertz CT molecular complexity index is 929. The predicted octanol–water partition coefficient (Wildman–Crippen LogP) is 2.70. The molecule has 37 heavy (non-hydrogen) atoms. The first kappa shape index (κ1) is 34.8. The fourth-order valence-electron chi connectivity index (χ4n) is 4.69. The average Bonchev–Trinajstić information content (AvgIpc) is 2.98. The molecule has 0 spiro atoms. The van der Waals surface area contributed by atoms with Crippen molar-refractivity contribution in [3.05, 3.63) is 29.8 Å². The van der Waals surface area contributed by atoms with Gasteiger partial charge in [-0.15, -0.1) is 0 Å². The summed E-state index contributed by atoms with van der Waals surface area (Å²) >= 11 is 0. The summed E-state index contributed by atoms with van der Waals surface area (Å²) in [7, 11) is 2.12. The first-order valence-electron chi connectivity index (χ1n) is 12.3. The van der Waals surface area contributed by atoms with Gasteiger partial charge in [-0.25, -0.2) is 9.59 Å². The fraction of sp³-hybridized carbons (Fsp3) is 0.615. The van der Waals surface area contributed by atoms with Crippen LogP contribution in [0.4, 0.5) is 0 Å². The van der Waals surface area contributed by atoms with E-state index in [-0.39, 0.29) is 38.3 Å². The number of carboxylic acids is 1. The summed E-state index contributed by atoms with van der Waals surface area (Å²) in [4.78, 5) is 50.8. The van der Waals surface area contributed by atoms with Gasteiger partial charge in [-0.05, 0) is 56.5 Å². The van der Waals surface area contributed by atoms with Crippen LogP contribution in [0.3, 0.4) is 0 Å². The number of carbonyl (C=O) groups excluding carboxylic acids is 3. The lowest BCUT2D eigenvalue weighted by atomic mass is 9.74. The molecule has 1 fully saturated rings. The number of ether oxygens (including phenoxy) is 1. The summed E-state index contributed by atoms with van der Waals surface area (Å²) in [5, 5.41) is 14.2. The lowest BCUT2D eigenvalue weighted by Gasteiger charge is -2.35. The van der Waals surface area contributed by atoms with Crippen LogP contribution in [0.5, 0.6) is 5.75 Å². The van der Waals surface area contributed by atoms with Gasteiger partial charge >= 0.3 is 11.9 Å². The summed E-state index contributed by atoms with van der Waals surface area (Å²) in [6.07, 6.45) is 3.82. The van der Waals surface area contributed by atoms with Crippen LogP contribution in [0.25, 0.3) is 0 Å². The van der Waals surface area contributed by atoms with Crippen LogP contribution in [-0.4, -0.2) is 66.0 Å². The first-order chi connectivity index (χ1) is 16.5. The molecular weight excluding hydrogens is 514 g/mol. The van der Waals surface area contributed by atoms with E-state index in [1.807, 2.05) is 12.1 Å². The second kappa shape index (κ2) is 15.9. The van der Waals surface area contributed by atoms with Crippen LogP contribution in [-0.2, 0) is 24.6 Å². The summed E-state index contributed by atoms with van der Waals surface area (Å²) < 4.78 is 5.59. The fourth-order valence-corrected chi connectivity index (χ4v) is 4.69. The molecule has 0 saturated carbocycles. The van der Waals surface area contributed by atoms with Gasteiger partial charge in [0.15, 0.2) is 0 Å². The molecule has 1 aliphatic rings. The SMILES string of the molecule is CCC1(c2cccc(OC(=O)[C@H](CC(=O)N[C@H](C(=O)O)C(C)C)NC(C)=O)c2)CCCCN(C)C1.S.S. The zero-order chi connectivity index (χ0) is 26.2. The highest BCUT2D eigenvalue weighted by molar-refractivity contribution is 7.59. The number of aliphatic carboxylic acids is 1. The largest absolute Gasteiger partial charge is 0.480 e. The minimum atomic E-state index is -1.25. The Balaban J connectivity index is 0.00000648. The van der Waals surface area contributed by atoms with Gasteiger partial charge in [0, 0.05) is 18.9 Å². The number of benzene rings is 1. The van der Waals surface area contributed by atoms with Gasteiger partial charge in [-0.2, -0.15) is 27.0 Å². The van der Waals surface area contributed by atoms with Crippen molar-refractivity contribution < 1.29 is 29.0 Å². The van der Waals surface area contributed by atoms with E-state index in [0.717, 1.165) is 44.3 Å². The van der Waals surface area contributed by atoms with E-state index >= 15 is 0 Å². The van der Waals surface area contributed by atoms with Crippen LogP contribution >= 0.6 is 27.0 Å². The maximum absolute atomic E-state index is 12.9. The number of hydrogen-bond acceptors (Lipinski definition) is 6. The van der Waals surface area contributed by atoms with Gasteiger partial charge in [0.2, 0.25) is 11.8 Å². The van der Waals surface area contributed by atoms with Gasteiger partial charge < -0.3 is 25.4 Å². The highest BCUT2D eigenvalue weighted by atomic mass is 32.1. The minimum Gasteiger partial charge on any atom is -0.480 e. The van der Waals surface area contributed by atoms with Crippen molar-refractivity contribution in [3.63, 3.8) is 0 Å². The second-order valence-electron chi connectivity index (χ2n) is 9.86. The zero-order valence-electron chi connectivity index (χ0n) is 22.4. The van der Waals surface area contributed by atoms with Crippen molar-refractivity contribution in [1.82, 2.24) is 15.5 Å². The number of nitrogens with one attached hydrogen (secondary N) is 2. The number of carboxylic acid groups (broad SMARTS) is 1. The zero-order valence-corrected chi connectivity index (χ0v) is 24.4. The Kier molecular flexibility index (Phi) is 14.9. The highest BCUT2D eigenvalue weighted by Crippen LogP contribution is 2.37. The molecule has 1 aromatic rings. The molecule has 0 radical (unpaired) electrons. The van der Waals surface area contributed by atoms with Crippen LogP contribution in [0.15, 0.2) is 24.3 Å². The molecule has 1 heterocycles. The average molecular weight is 558 g/mol. The Morgan fingerprint density at radius 3 is 2.38 bits per heavy atom. The molecule has 1 saturated heterocycles. The van der Waals surface area contributed by atoms with Gasteiger partial charge in [-0.3, -0.25) is 9.59 Å². The van der Waals surface area contributed by atoms with Crippen LogP contribution in [0.2, 0.25) is 0 Å². The summed E-state index contributed by atoms with van der Waals surface area (Å²) in [5.41, 5.74) is 1.04. The predicted molar refractivity (Wildman–Crippen MR) is 153 cm³/mol. The second-order valence-corrected chi connectivity index (χ2v) is 9.86. The van der Waals surface area contributed by atoms with Crippen LogP contribution in [0, 0.1) is 5.92 Å². The molecule has 3 atom stereocenters. The molecule has 2 amide bonds. The normalized spacial score (nSPS) is 19.3. The maximum Gasteiger partial charge on any atom is 0.334 e.